The minimum Gasteiger partial charge on any atom is -0.383 e. The average Bonchev–Trinajstić information content (AvgIpc) is 2.46. The molecule has 0 aliphatic carbocycles. The monoisotopic (exact) mass is 282 g/mol. The van der Waals surface area contributed by atoms with Crippen LogP contribution in [0.3, 0.4) is 0 Å². The molecule has 0 saturated carbocycles. The van der Waals surface area contributed by atoms with Crippen molar-refractivity contribution in [2.75, 3.05) is 31.7 Å². The largest absolute Gasteiger partial charge is 0.383 e. The minimum absolute atomic E-state index is 0.183. The van der Waals surface area contributed by atoms with E-state index in [0.29, 0.717) is 19.2 Å². The van der Waals surface area contributed by atoms with E-state index in [1.807, 2.05) is 6.07 Å². The van der Waals surface area contributed by atoms with Gasteiger partial charge in [0.25, 0.3) is 0 Å². The van der Waals surface area contributed by atoms with E-state index in [1.165, 1.54) is 6.07 Å². The molecule has 0 aromatic heterocycles. The van der Waals surface area contributed by atoms with Gasteiger partial charge in [-0.3, -0.25) is 0 Å². The van der Waals surface area contributed by atoms with Crippen LogP contribution in [0.4, 0.5) is 10.1 Å². The topological polar surface area (TPSA) is 24.5 Å². The smallest absolute Gasteiger partial charge is 0.123 e. The van der Waals surface area contributed by atoms with E-state index in [9.17, 15) is 4.39 Å². The second-order valence-corrected chi connectivity index (χ2v) is 5.00. The van der Waals surface area contributed by atoms with E-state index in [4.69, 9.17) is 4.74 Å². The number of halogens is 1. The first-order valence-corrected chi connectivity index (χ1v) is 7.38. The van der Waals surface area contributed by atoms with Crippen LogP contribution in [0.2, 0.25) is 0 Å². The molecule has 1 N–H and O–H groups in total. The fourth-order valence-electron chi connectivity index (χ4n) is 2.22. The Kier molecular flexibility index (Phi) is 7.55. The molecule has 3 nitrogen and oxygen atoms in total. The van der Waals surface area contributed by atoms with E-state index in [-0.39, 0.29) is 5.82 Å². The van der Waals surface area contributed by atoms with Crippen LogP contribution in [-0.2, 0) is 11.3 Å². The molecule has 0 saturated heterocycles. The van der Waals surface area contributed by atoms with Gasteiger partial charge >= 0.3 is 0 Å². The first kappa shape index (κ1) is 16.9. The van der Waals surface area contributed by atoms with Gasteiger partial charge in [-0.05, 0) is 43.7 Å². The summed E-state index contributed by atoms with van der Waals surface area (Å²) in [4.78, 5) is 2.30. The summed E-state index contributed by atoms with van der Waals surface area (Å²) in [5.74, 6) is -0.183. The zero-order valence-corrected chi connectivity index (χ0v) is 13.1. The third-order valence-corrected chi connectivity index (χ3v) is 3.58. The Bertz CT molecular complexity index is 398. The molecule has 0 spiro atoms. The van der Waals surface area contributed by atoms with E-state index in [1.54, 1.807) is 13.2 Å². The van der Waals surface area contributed by atoms with Crippen LogP contribution in [0.5, 0.6) is 0 Å². The molecule has 0 bridgehead atoms. The van der Waals surface area contributed by atoms with Crippen molar-refractivity contribution in [3.05, 3.63) is 29.6 Å². The SMILES string of the molecule is CCNCc1cc(F)ccc1N(CCOC)C(C)CC. The van der Waals surface area contributed by atoms with Crippen molar-refractivity contribution in [3.8, 4) is 0 Å². The van der Waals surface area contributed by atoms with Crippen molar-refractivity contribution in [2.45, 2.75) is 39.8 Å². The van der Waals surface area contributed by atoms with E-state index >= 15 is 0 Å². The van der Waals surface area contributed by atoms with Crippen molar-refractivity contribution in [3.63, 3.8) is 0 Å². The Morgan fingerprint density at radius 3 is 2.70 bits per heavy atom. The van der Waals surface area contributed by atoms with E-state index < -0.39 is 0 Å². The molecule has 114 valence electrons. The molecule has 20 heavy (non-hydrogen) atoms. The third kappa shape index (κ3) is 4.76. The maximum absolute atomic E-state index is 13.5. The molecule has 1 rings (SSSR count). The zero-order valence-electron chi connectivity index (χ0n) is 13.1. The van der Waals surface area contributed by atoms with Gasteiger partial charge in [-0.25, -0.2) is 4.39 Å². The van der Waals surface area contributed by atoms with Gasteiger partial charge in [-0.1, -0.05) is 13.8 Å². The molecule has 0 aliphatic heterocycles. The Balaban J connectivity index is 3.03. The highest BCUT2D eigenvalue weighted by molar-refractivity contribution is 5.54. The normalized spacial score (nSPS) is 12.4. The molecule has 0 fully saturated rings. The molecule has 1 atom stereocenters. The van der Waals surface area contributed by atoms with Crippen LogP contribution in [0.1, 0.15) is 32.8 Å². The highest BCUT2D eigenvalue weighted by Crippen LogP contribution is 2.24. The molecular weight excluding hydrogens is 255 g/mol. The Labute approximate surface area is 122 Å². The van der Waals surface area contributed by atoms with Gasteiger partial charge in [0.1, 0.15) is 5.82 Å². The summed E-state index contributed by atoms with van der Waals surface area (Å²) < 4.78 is 18.7. The summed E-state index contributed by atoms with van der Waals surface area (Å²) >= 11 is 0. The lowest BCUT2D eigenvalue weighted by molar-refractivity contribution is 0.203. The van der Waals surface area contributed by atoms with Crippen LogP contribution in [-0.4, -0.2) is 32.8 Å². The van der Waals surface area contributed by atoms with Gasteiger partial charge in [0, 0.05) is 31.9 Å². The number of nitrogens with one attached hydrogen (secondary N) is 1. The average molecular weight is 282 g/mol. The van der Waals surface area contributed by atoms with E-state index in [0.717, 1.165) is 30.8 Å². The molecule has 4 heteroatoms. The highest BCUT2D eigenvalue weighted by Gasteiger charge is 2.16. The summed E-state index contributed by atoms with van der Waals surface area (Å²) in [6.45, 7) is 9.45. The maximum Gasteiger partial charge on any atom is 0.123 e. The quantitative estimate of drug-likeness (QED) is 0.753. The third-order valence-electron chi connectivity index (χ3n) is 3.58. The van der Waals surface area contributed by atoms with Crippen LogP contribution in [0.15, 0.2) is 18.2 Å². The molecule has 0 heterocycles. The molecule has 1 unspecified atom stereocenters. The van der Waals surface area contributed by atoms with Crippen molar-refractivity contribution in [1.82, 2.24) is 5.32 Å². The number of benzene rings is 1. The van der Waals surface area contributed by atoms with E-state index in [2.05, 4.69) is 31.0 Å². The van der Waals surface area contributed by atoms with Crippen LogP contribution in [0.25, 0.3) is 0 Å². The second kappa shape index (κ2) is 8.93. The molecular formula is C16H27FN2O. The number of ether oxygens (including phenoxy) is 1. The van der Waals surface area contributed by atoms with Crippen molar-refractivity contribution >= 4 is 5.69 Å². The summed E-state index contributed by atoms with van der Waals surface area (Å²) in [7, 11) is 1.71. The van der Waals surface area contributed by atoms with Gasteiger partial charge in [-0.2, -0.15) is 0 Å². The molecule has 1 aromatic rings. The lowest BCUT2D eigenvalue weighted by Crippen LogP contribution is -2.36. The number of nitrogens with zero attached hydrogens (tertiary/aromatic N) is 1. The van der Waals surface area contributed by atoms with Gasteiger partial charge < -0.3 is 15.0 Å². The zero-order chi connectivity index (χ0) is 15.0. The predicted octanol–water partition coefficient (Wildman–Crippen LogP) is 3.19. The Morgan fingerprint density at radius 1 is 1.35 bits per heavy atom. The second-order valence-electron chi connectivity index (χ2n) is 5.00. The van der Waals surface area contributed by atoms with Crippen molar-refractivity contribution in [1.29, 1.82) is 0 Å². The van der Waals surface area contributed by atoms with Gasteiger partial charge in [0.15, 0.2) is 0 Å². The molecule has 0 amide bonds. The van der Waals surface area contributed by atoms with Gasteiger partial charge in [-0.15, -0.1) is 0 Å². The molecule has 1 aromatic carbocycles. The minimum atomic E-state index is -0.183. The summed E-state index contributed by atoms with van der Waals surface area (Å²) in [5.41, 5.74) is 2.10. The molecule has 0 radical (unpaired) electrons. The Hall–Kier alpha value is -1.13. The van der Waals surface area contributed by atoms with Crippen molar-refractivity contribution < 1.29 is 9.13 Å². The summed E-state index contributed by atoms with van der Waals surface area (Å²) in [5, 5.41) is 3.28. The van der Waals surface area contributed by atoms with Crippen LogP contribution in [0, 0.1) is 5.82 Å². The lowest BCUT2D eigenvalue weighted by Gasteiger charge is -2.32. The fourth-order valence-corrected chi connectivity index (χ4v) is 2.22. The lowest BCUT2D eigenvalue weighted by atomic mass is 10.1. The number of rotatable bonds is 9. The van der Waals surface area contributed by atoms with Gasteiger partial charge in [0.05, 0.1) is 6.61 Å². The standard InChI is InChI=1S/C16H27FN2O/c1-5-13(3)19(9-10-20-4)16-8-7-15(17)11-14(16)12-18-6-2/h7-8,11,13,18H,5-6,9-10,12H2,1-4H3. The van der Waals surface area contributed by atoms with Gasteiger partial charge in [0.2, 0.25) is 0 Å². The number of hydrogen-bond acceptors (Lipinski definition) is 3. The first-order chi connectivity index (χ1) is 9.63. The molecule has 0 aliphatic rings. The number of methoxy groups -OCH3 is 1. The number of anilines is 1. The fraction of sp³-hybridized carbons (Fsp3) is 0.625. The predicted molar refractivity (Wildman–Crippen MR) is 82.8 cm³/mol. The highest BCUT2D eigenvalue weighted by atomic mass is 19.1. The first-order valence-electron chi connectivity index (χ1n) is 7.38. The Morgan fingerprint density at radius 2 is 2.10 bits per heavy atom. The number of hydrogen-bond donors (Lipinski definition) is 1. The summed E-state index contributed by atoms with van der Waals surface area (Å²) in [6.07, 6.45) is 1.04. The summed E-state index contributed by atoms with van der Waals surface area (Å²) in [6, 6.07) is 5.44. The maximum atomic E-state index is 13.5. The van der Waals surface area contributed by atoms with Crippen molar-refractivity contribution in [2.24, 2.45) is 0 Å². The van der Waals surface area contributed by atoms with Crippen LogP contribution >= 0.6 is 0 Å². The van der Waals surface area contributed by atoms with Crippen LogP contribution < -0.4 is 10.2 Å².